The van der Waals surface area contributed by atoms with Crippen molar-refractivity contribution >= 4 is 53.2 Å². The van der Waals surface area contributed by atoms with Crippen molar-refractivity contribution < 1.29 is 13.5 Å². The molecular weight excluding hydrogens is 394 g/mol. The van der Waals surface area contributed by atoms with Gasteiger partial charge in [0.15, 0.2) is 0 Å². The lowest BCUT2D eigenvalue weighted by atomic mass is 10.2. The molecule has 0 radical (unpaired) electrons. The van der Waals surface area contributed by atoms with Crippen LogP contribution in [-0.4, -0.2) is 26.7 Å². The molecule has 1 aromatic heterocycles. The Morgan fingerprint density at radius 2 is 2.00 bits per heavy atom. The summed E-state index contributed by atoms with van der Waals surface area (Å²) in [5.41, 5.74) is 0. The van der Waals surface area contributed by atoms with Crippen molar-refractivity contribution in [1.29, 1.82) is 0 Å². The van der Waals surface area contributed by atoms with E-state index in [1.807, 2.05) is 0 Å². The SMILES string of the molecule is O=S(=O)(NCCCCCO)c1cc(Br)sc1Br. The summed E-state index contributed by atoms with van der Waals surface area (Å²) in [5.74, 6) is 0. The molecule has 17 heavy (non-hydrogen) atoms. The van der Waals surface area contributed by atoms with Crippen molar-refractivity contribution in [3.63, 3.8) is 0 Å². The van der Waals surface area contributed by atoms with Crippen LogP contribution < -0.4 is 4.72 Å². The van der Waals surface area contributed by atoms with Crippen molar-refractivity contribution in [2.75, 3.05) is 13.2 Å². The Morgan fingerprint density at radius 3 is 2.53 bits per heavy atom. The summed E-state index contributed by atoms with van der Waals surface area (Å²) >= 11 is 7.79. The van der Waals surface area contributed by atoms with Crippen LogP contribution >= 0.6 is 43.2 Å². The fraction of sp³-hybridized carbons (Fsp3) is 0.556. The van der Waals surface area contributed by atoms with Gasteiger partial charge in [0.1, 0.15) is 4.90 Å². The standard InChI is InChI=1S/C9H13Br2NO3S2/c10-8-6-7(9(11)16-8)17(14,15)12-4-2-1-3-5-13/h6,12-13H,1-5H2. The zero-order chi connectivity index (χ0) is 12.9. The third kappa shape index (κ3) is 4.96. The average Bonchev–Trinajstić information content (AvgIpc) is 2.58. The monoisotopic (exact) mass is 405 g/mol. The van der Waals surface area contributed by atoms with Crippen LogP contribution in [0.2, 0.25) is 0 Å². The van der Waals surface area contributed by atoms with E-state index in [-0.39, 0.29) is 11.5 Å². The molecule has 4 nitrogen and oxygen atoms in total. The second kappa shape index (κ2) is 7.20. The first kappa shape index (κ1) is 15.6. The summed E-state index contributed by atoms with van der Waals surface area (Å²) in [4.78, 5) is 0.261. The Hall–Kier alpha value is 0.530. The smallest absolute Gasteiger partial charge is 0.242 e. The molecule has 1 aromatic rings. The molecule has 0 aromatic carbocycles. The van der Waals surface area contributed by atoms with Gasteiger partial charge in [-0.3, -0.25) is 0 Å². The van der Waals surface area contributed by atoms with Gasteiger partial charge in [0, 0.05) is 13.2 Å². The van der Waals surface area contributed by atoms with E-state index in [0.717, 1.165) is 16.6 Å². The van der Waals surface area contributed by atoms with Crippen LogP contribution in [0, 0.1) is 0 Å². The summed E-state index contributed by atoms with van der Waals surface area (Å²) in [7, 11) is -3.44. The van der Waals surface area contributed by atoms with Crippen LogP contribution in [0.4, 0.5) is 0 Å². The van der Waals surface area contributed by atoms with Crippen LogP contribution in [0.15, 0.2) is 18.5 Å². The average molecular weight is 407 g/mol. The van der Waals surface area contributed by atoms with Crippen molar-refractivity contribution in [2.45, 2.75) is 24.2 Å². The summed E-state index contributed by atoms with van der Waals surface area (Å²) in [6.45, 7) is 0.540. The van der Waals surface area contributed by atoms with Gasteiger partial charge >= 0.3 is 0 Å². The fourth-order valence-corrected chi connectivity index (χ4v) is 6.09. The maximum absolute atomic E-state index is 11.9. The van der Waals surface area contributed by atoms with E-state index in [9.17, 15) is 8.42 Å². The molecule has 98 valence electrons. The highest BCUT2D eigenvalue weighted by molar-refractivity contribution is 9.12. The fourth-order valence-electron chi connectivity index (χ4n) is 1.21. The number of aliphatic hydroxyl groups is 1. The van der Waals surface area contributed by atoms with Crippen LogP contribution in [0.5, 0.6) is 0 Å². The van der Waals surface area contributed by atoms with E-state index in [1.54, 1.807) is 6.07 Å². The Morgan fingerprint density at radius 1 is 1.29 bits per heavy atom. The molecule has 0 fully saturated rings. The number of thiophene rings is 1. The van der Waals surface area contributed by atoms with Crippen LogP contribution in [0.3, 0.4) is 0 Å². The van der Waals surface area contributed by atoms with Gasteiger partial charge in [0.25, 0.3) is 0 Å². The molecule has 0 saturated carbocycles. The summed E-state index contributed by atoms with van der Waals surface area (Å²) < 4.78 is 27.7. The summed E-state index contributed by atoms with van der Waals surface area (Å²) in [6.07, 6.45) is 2.24. The number of unbranched alkanes of at least 4 members (excludes halogenated alkanes) is 2. The molecule has 0 saturated heterocycles. The molecule has 0 aliphatic heterocycles. The molecule has 1 rings (SSSR count). The minimum atomic E-state index is -3.44. The molecule has 0 aliphatic rings. The van der Waals surface area contributed by atoms with E-state index < -0.39 is 10.0 Å². The van der Waals surface area contributed by atoms with E-state index in [0.29, 0.717) is 16.8 Å². The van der Waals surface area contributed by atoms with E-state index in [2.05, 4.69) is 36.6 Å². The molecule has 0 unspecified atom stereocenters. The van der Waals surface area contributed by atoms with Gasteiger partial charge in [0.2, 0.25) is 10.0 Å². The minimum Gasteiger partial charge on any atom is -0.396 e. The van der Waals surface area contributed by atoms with E-state index in [1.165, 1.54) is 11.3 Å². The Kier molecular flexibility index (Phi) is 6.60. The topological polar surface area (TPSA) is 66.4 Å². The molecule has 1 heterocycles. The second-order valence-electron chi connectivity index (χ2n) is 3.37. The maximum atomic E-state index is 11.9. The van der Waals surface area contributed by atoms with Crippen LogP contribution in [-0.2, 0) is 10.0 Å². The molecular formula is C9H13Br2NO3S2. The van der Waals surface area contributed by atoms with Crippen molar-refractivity contribution in [1.82, 2.24) is 4.72 Å². The number of halogens is 2. The number of aliphatic hydroxyl groups excluding tert-OH is 1. The van der Waals surface area contributed by atoms with E-state index >= 15 is 0 Å². The van der Waals surface area contributed by atoms with Crippen molar-refractivity contribution in [2.24, 2.45) is 0 Å². The quantitative estimate of drug-likeness (QED) is 0.684. The van der Waals surface area contributed by atoms with Gasteiger partial charge in [-0.1, -0.05) is 0 Å². The number of hydrogen-bond acceptors (Lipinski definition) is 4. The van der Waals surface area contributed by atoms with Gasteiger partial charge in [0.05, 0.1) is 7.57 Å². The minimum absolute atomic E-state index is 0.149. The molecule has 2 N–H and O–H groups in total. The predicted octanol–water partition coefficient (Wildman–Crippen LogP) is 2.71. The zero-order valence-electron chi connectivity index (χ0n) is 8.95. The number of rotatable bonds is 7. The third-order valence-corrected chi connectivity index (χ3v) is 6.26. The van der Waals surface area contributed by atoms with Crippen LogP contribution in [0.1, 0.15) is 19.3 Å². The van der Waals surface area contributed by atoms with Gasteiger partial charge in [-0.05, 0) is 57.2 Å². The molecule has 0 atom stereocenters. The van der Waals surface area contributed by atoms with Gasteiger partial charge in [-0.2, -0.15) is 0 Å². The first-order valence-corrected chi connectivity index (χ1v) is 8.91. The summed E-state index contributed by atoms with van der Waals surface area (Å²) in [5, 5.41) is 8.59. The van der Waals surface area contributed by atoms with E-state index in [4.69, 9.17) is 5.11 Å². The molecule has 0 bridgehead atoms. The van der Waals surface area contributed by atoms with Crippen molar-refractivity contribution in [3.8, 4) is 0 Å². The normalized spacial score (nSPS) is 11.9. The Bertz CT molecular complexity index is 459. The predicted molar refractivity (Wildman–Crippen MR) is 75.8 cm³/mol. The zero-order valence-corrected chi connectivity index (χ0v) is 13.8. The second-order valence-corrected chi connectivity index (χ2v) is 8.86. The largest absolute Gasteiger partial charge is 0.396 e. The molecule has 0 amide bonds. The highest BCUT2D eigenvalue weighted by Crippen LogP contribution is 2.34. The van der Waals surface area contributed by atoms with Crippen LogP contribution in [0.25, 0.3) is 0 Å². The molecule has 8 heteroatoms. The molecule has 0 aliphatic carbocycles. The summed E-state index contributed by atoms with van der Waals surface area (Å²) in [6, 6.07) is 1.57. The first-order chi connectivity index (χ1) is 7.97. The first-order valence-electron chi connectivity index (χ1n) is 5.02. The lowest BCUT2D eigenvalue weighted by Gasteiger charge is -2.05. The highest BCUT2D eigenvalue weighted by atomic mass is 79.9. The lowest BCUT2D eigenvalue weighted by Crippen LogP contribution is -2.24. The third-order valence-electron chi connectivity index (χ3n) is 2.04. The highest BCUT2D eigenvalue weighted by Gasteiger charge is 2.19. The van der Waals surface area contributed by atoms with Crippen molar-refractivity contribution in [3.05, 3.63) is 13.6 Å². The number of sulfonamides is 1. The molecule has 0 spiro atoms. The van der Waals surface area contributed by atoms with Gasteiger partial charge < -0.3 is 5.11 Å². The Balaban J connectivity index is 2.54. The van der Waals surface area contributed by atoms with Gasteiger partial charge in [-0.25, -0.2) is 13.1 Å². The number of nitrogens with one attached hydrogen (secondary N) is 1. The maximum Gasteiger partial charge on any atom is 0.242 e. The lowest BCUT2D eigenvalue weighted by molar-refractivity contribution is 0.283. The number of hydrogen-bond donors (Lipinski definition) is 2. The van der Waals surface area contributed by atoms with Gasteiger partial charge in [-0.15, -0.1) is 11.3 Å². The Labute approximate surface area is 122 Å².